The topological polar surface area (TPSA) is 111 Å². The van der Waals surface area contributed by atoms with E-state index in [4.69, 9.17) is 9.47 Å². The van der Waals surface area contributed by atoms with Crippen LogP contribution in [0.2, 0.25) is 0 Å². The van der Waals surface area contributed by atoms with Gasteiger partial charge >= 0.3 is 5.97 Å². The van der Waals surface area contributed by atoms with Crippen LogP contribution < -0.4 is 15.4 Å². The number of anilines is 2. The molecule has 0 radical (unpaired) electrons. The zero-order valence-corrected chi connectivity index (χ0v) is 16.4. The van der Waals surface area contributed by atoms with Crippen molar-refractivity contribution in [2.24, 2.45) is 0 Å². The van der Waals surface area contributed by atoms with Crippen LogP contribution in [0.4, 0.5) is 11.4 Å². The van der Waals surface area contributed by atoms with Gasteiger partial charge in [-0.15, -0.1) is 0 Å². The molecule has 29 heavy (non-hydrogen) atoms. The van der Waals surface area contributed by atoms with E-state index in [1.165, 1.54) is 21.0 Å². The maximum atomic E-state index is 12.1. The van der Waals surface area contributed by atoms with Crippen molar-refractivity contribution in [2.75, 3.05) is 24.4 Å². The molecule has 152 valence electrons. The van der Waals surface area contributed by atoms with Crippen LogP contribution in [0.3, 0.4) is 0 Å². The highest BCUT2D eigenvalue weighted by Gasteiger charge is 2.14. The Bertz CT molecular complexity index is 921. The zero-order chi connectivity index (χ0) is 21.4. The average Bonchev–Trinajstić information content (AvgIpc) is 2.67. The number of nitrogens with one attached hydrogen (secondary N) is 2. The first-order valence-corrected chi connectivity index (χ1v) is 8.79. The van der Waals surface area contributed by atoms with Crippen LogP contribution in [0.15, 0.2) is 42.5 Å². The number of hydrogen-bond acceptors (Lipinski definition) is 6. The van der Waals surface area contributed by atoms with E-state index in [1.54, 1.807) is 42.5 Å². The van der Waals surface area contributed by atoms with Gasteiger partial charge in [-0.2, -0.15) is 0 Å². The van der Waals surface area contributed by atoms with Gasteiger partial charge in [-0.3, -0.25) is 19.2 Å². The summed E-state index contributed by atoms with van der Waals surface area (Å²) in [6.07, 6.45) is -0.136. The smallest absolute Gasteiger partial charge is 0.310 e. The van der Waals surface area contributed by atoms with E-state index in [-0.39, 0.29) is 18.1 Å². The Morgan fingerprint density at radius 2 is 1.52 bits per heavy atom. The zero-order valence-electron chi connectivity index (χ0n) is 16.4. The minimum Gasteiger partial charge on any atom is -0.496 e. The molecule has 8 heteroatoms. The summed E-state index contributed by atoms with van der Waals surface area (Å²) in [5, 5.41) is 5.21. The first-order chi connectivity index (χ1) is 13.8. The molecule has 8 nitrogen and oxygen atoms in total. The highest BCUT2D eigenvalue weighted by atomic mass is 16.5. The van der Waals surface area contributed by atoms with Crippen molar-refractivity contribution in [3.8, 4) is 5.75 Å². The number of rotatable bonds is 8. The molecular weight excluding hydrogens is 376 g/mol. The lowest BCUT2D eigenvalue weighted by molar-refractivity contribution is -0.146. The number of methoxy groups -OCH3 is 1. The number of carbonyl (C=O) groups is 4. The molecule has 0 unspecified atom stereocenters. The maximum Gasteiger partial charge on any atom is 0.310 e. The van der Waals surface area contributed by atoms with Crippen molar-refractivity contribution >= 4 is 34.9 Å². The molecule has 2 aromatic rings. The van der Waals surface area contributed by atoms with Crippen LogP contribution >= 0.6 is 0 Å². The normalized spacial score (nSPS) is 10.0. The number of hydrogen-bond donors (Lipinski definition) is 2. The molecule has 2 rings (SSSR count). The second-order valence-electron chi connectivity index (χ2n) is 6.23. The van der Waals surface area contributed by atoms with Gasteiger partial charge in [-0.1, -0.05) is 0 Å². The summed E-state index contributed by atoms with van der Waals surface area (Å²) in [6.45, 7) is 2.37. The predicted octanol–water partition coefficient (Wildman–Crippen LogP) is 2.58. The van der Waals surface area contributed by atoms with Crippen molar-refractivity contribution in [1.29, 1.82) is 0 Å². The van der Waals surface area contributed by atoms with Gasteiger partial charge in [-0.25, -0.2) is 0 Å². The van der Waals surface area contributed by atoms with Crippen LogP contribution in [0, 0.1) is 0 Å². The van der Waals surface area contributed by atoms with Gasteiger partial charge in [0, 0.05) is 29.4 Å². The number of benzene rings is 2. The standard InChI is InChI=1S/C21H22N2O6/c1-13(24)15-4-9-19(28-3)16(10-15)11-21(27)29-12-20(26)23-18-7-5-17(6-8-18)22-14(2)25/h4-10H,11-12H2,1-3H3,(H,22,25)(H,23,26). The summed E-state index contributed by atoms with van der Waals surface area (Å²) in [5.41, 5.74) is 2.05. The molecule has 0 fully saturated rings. The molecule has 0 aromatic heterocycles. The summed E-state index contributed by atoms with van der Waals surface area (Å²) in [6, 6.07) is 11.3. The quantitative estimate of drug-likeness (QED) is 0.522. The van der Waals surface area contributed by atoms with Gasteiger partial charge in [0.1, 0.15) is 5.75 Å². The lowest BCUT2D eigenvalue weighted by Gasteiger charge is -2.10. The fourth-order valence-electron chi connectivity index (χ4n) is 2.53. The molecular formula is C21H22N2O6. The molecule has 2 amide bonds. The van der Waals surface area contributed by atoms with Crippen molar-refractivity contribution in [3.63, 3.8) is 0 Å². The second-order valence-corrected chi connectivity index (χ2v) is 6.23. The van der Waals surface area contributed by atoms with E-state index in [2.05, 4.69) is 10.6 Å². The third kappa shape index (κ3) is 6.76. The molecule has 0 atom stereocenters. The van der Waals surface area contributed by atoms with Crippen LogP contribution in [-0.4, -0.2) is 37.3 Å². The Hall–Kier alpha value is -3.68. The van der Waals surface area contributed by atoms with Crippen molar-refractivity contribution in [2.45, 2.75) is 20.3 Å². The molecule has 0 bridgehead atoms. The highest BCUT2D eigenvalue weighted by molar-refractivity contribution is 5.95. The van der Waals surface area contributed by atoms with Crippen LogP contribution in [0.1, 0.15) is 29.8 Å². The minimum absolute atomic E-state index is 0.133. The molecule has 2 N–H and O–H groups in total. The van der Waals surface area contributed by atoms with E-state index >= 15 is 0 Å². The van der Waals surface area contributed by atoms with E-state index in [9.17, 15) is 19.2 Å². The summed E-state index contributed by atoms with van der Waals surface area (Å²) < 4.78 is 10.2. The average molecular weight is 398 g/mol. The minimum atomic E-state index is -0.625. The third-order valence-corrected chi connectivity index (χ3v) is 3.87. The highest BCUT2D eigenvalue weighted by Crippen LogP contribution is 2.21. The van der Waals surface area contributed by atoms with Crippen LogP contribution in [0.5, 0.6) is 5.75 Å². The molecule has 0 aliphatic heterocycles. The van der Waals surface area contributed by atoms with Gasteiger partial charge in [0.25, 0.3) is 5.91 Å². The molecule has 0 aliphatic carbocycles. The van der Waals surface area contributed by atoms with Crippen molar-refractivity contribution < 1.29 is 28.7 Å². The third-order valence-electron chi connectivity index (χ3n) is 3.87. The maximum absolute atomic E-state index is 12.1. The number of amides is 2. The number of carbonyl (C=O) groups excluding carboxylic acids is 4. The molecule has 0 aliphatic rings. The van der Waals surface area contributed by atoms with Gasteiger partial charge < -0.3 is 20.1 Å². The van der Waals surface area contributed by atoms with E-state index in [1.807, 2.05) is 0 Å². The van der Waals surface area contributed by atoms with E-state index in [0.717, 1.165) is 0 Å². The number of ether oxygens (including phenoxy) is 2. The first-order valence-electron chi connectivity index (χ1n) is 8.79. The van der Waals surface area contributed by atoms with Gasteiger partial charge in [0.2, 0.25) is 5.91 Å². The molecule has 0 saturated carbocycles. The van der Waals surface area contributed by atoms with Crippen molar-refractivity contribution in [3.05, 3.63) is 53.6 Å². The Labute approximate surface area is 168 Å². The number of ketones is 1. The number of Topliss-reactive ketones (excluding diaryl/α,β-unsaturated/α-hetero) is 1. The van der Waals surface area contributed by atoms with E-state index in [0.29, 0.717) is 28.3 Å². The van der Waals surface area contributed by atoms with Crippen LogP contribution in [0.25, 0.3) is 0 Å². The summed E-state index contributed by atoms with van der Waals surface area (Å²) in [4.78, 5) is 46.6. The lowest BCUT2D eigenvalue weighted by atomic mass is 10.0. The number of esters is 1. The molecule has 2 aromatic carbocycles. The summed E-state index contributed by atoms with van der Waals surface area (Å²) >= 11 is 0. The fraction of sp³-hybridized carbons (Fsp3) is 0.238. The van der Waals surface area contributed by atoms with Crippen molar-refractivity contribution in [1.82, 2.24) is 0 Å². The molecule has 0 spiro atoms. The lowest BCUT2D eigenvalue weighted by Crippen LogP contribution is -2.21. The Balaban J connectivity index is 1.89. The molecule has 0 heterocycles. The monoisotopic (exact) mass is 398 g/mol. The Morgan fingerprint density at radius 3 is 2.07 bits per heavy atom. The second kappa shape index (κ2) is 10.0. The van der Waals surface area contributed by atoms with Gasteiger partial charge in [-0.05, 0) is 49.4 Å². The summed E-state index contributed by atoms with van der Waals surface area (Å²) in [7, 11) is 1.46. The Kier molecular flexibility index (Phi) is 7.47. The van der Waals surface area contributed by atoms with Gasteiger partial charge in [0.05, 0.1) is 13.5 Å². The summed E-state index contributed by atoms with van der Waals surface area (Å²) in [5.74, 6) is -1.00. The SMILES string of the molecule is COc1ccc(C(C)=O)cc1CC(=O)OCC(=O)Nc1ccc(NC(C)=O)cc1. The van der Waals surface area contributed by atoms with E-state index < -0.39 is 18.5 Å². The van der Waals surface area contributed by atoms with Crippen LogP contribution in [-0.2, 0) is 25.5 Å². The first kappa shape index (κ1) is 21.6. The molecule has 0 saturated heterocycles. The van der Waals surface area contributed by atoms with Gasteiger partial charge in [0.15, 0.2) is 12.4 Å². The fourth-order valence-corrected chi connectivity index (χ4v) is 2.53. The largest absolute Gasteiger partial charge is 0.496 e. The predicted molar refractivity (Wildman–Crippen MR) is 107 cm³/mol. The Morgan fingerprint density at radius 1 is 0.897 bits per heavy atom.